The van der Waals surface area contributed by atoms with E-state index >= 15 is 0 Å². The molecule has 0 aromatic rings. The van der Waals surface area contributed by atoms with E-state index in [4.69, 9.17) is 4.43 Å². The van der Waals surface area contributed by atoms with Gasteiger partial charge in [0.15, 0.2) is 8.32 Å². The fraction of sp³-hybridized carbons (Fsp3) is 0.833. The van der Waals surface area contributed by atoms with Gasteiger partial charge in [-0.25, -0.2) is 0 Å². The van der Waals surface area contributed by atoms with Crippen LogP contribution in [-0.2, 0) is 4.43 Å². The molecule has 0 saturated heterocycles. The van der Waals surface area contributed by atoms with Gasteiger partial charge in [0.2, 0.25) is 0 Å². The topological polar surface area (TPSA) is 29.5 Å². The van der Waals surface area contributed by atoms with Crippen LogP contribution < -0.4 is 0 Å². The molecule has 0 bridgehead atoms. The molecule has 0 aromatic heterocycles. The Bertz CT molecular complexity index is 214. The van der Waals surface area contributed by atoms with Crippen LogP contribution in [0, 0.1) is 0 Å². The molecule has 0 saturated carbocycles. The zero-order chi connectivity index (χ0) is 12.3. The van der Waals surface area contributed by atoms with E-state index < -0.39 is 14.4 Å². The van der Waals surface area contributed by atoms with Crippen LogP contribution in [0.5, 0.6) is 0 Å². The standard InChI is InChI=1S/C12H26O2Si/c1-8-9-11(10(2)13)14-15(6,7)12(3,4)5/h8-11,13H,1-7H3/t10-,11-/m0/s1. The number of hydrogen-bond acceptors (Lipinski definition) is 2. The molecule has 0 aliphatic rings. The maximum absolute atomic E-state index is 9.62. The highest BCUT2D eigenvalue weighted by atomic mass is 28.4. The van der Waals surface area contributed by atoms with E-state index in [1.165, 1.54) is 0 Å². The van der Waals surface area contributed by atoms with Gasteiger partial charge in [-0.15, -0.1) is 0 Å². The van der Waals surface area contributed by atoms with Crippen molar-refractivity contribution in [3.8, 4) is 0 Å². The molecule has 0 rings (SSSR count). The molecule has 0 unspecified atom stereocenters. The molecule has 0 heterocycles. The zero-order valence-corrected chi connectivity index (χ0v) is 12.2. The van der Waals surface area contributed by atoms with Crippen molar-refractivity contribution >= 4 is 8.32 Å². The van der Waals surface area contributed by atoms with Gasteiger partial charge < -0.3 is 9.53 Å². The number of hydrogen-bond donors (Lipinski definition) is 1. The van der Waals surface area contributed by atoms with E-state index in [9.17, 15) is 5.11 Å². The maximum atomic E-state index is 9.62. The second kappa shape index (κ2) is 5.28. The summed E-state index contributed by atoms with van der Waals surface area (Å²) in [7, 11) is -1.78. The smallest absolute Gasteiger partial charge is 0.193 e. The molecule has 3 heteroatoms. The molecule has 2 atom stereocenters. The van der Waals surface area contributed by atoms with Gasteiger partial charge in [0.1, 0.15) is 0 Å². The minimum atomic E-state index is -1.78. The summed E-state index contributed by atoms with van der Waals surface area (Å²) in [4.78, 5) is 0. The van der Waals surface area contributed by atoms with Crippen LogP contribution in [-0.4, -0.2) is 25.6 Å². The van der Waals surface area contributed by atoms with Crippen LogP contribution in [0.25, 0.3) is 0 Å². The van der Waals surface area contributed by atoms with Gasteiger partial charge in [-0.2, -0.15) is 0 Å². The Labute approximate surface area is 95.5 Å². The molecule has 0 spiro atoms. The van der Waals surface area contributed by atoms with Crippen LogP contribution in [0.15, 0.2) is 12.2 Å². The van der Waals surface area contributed by atoms with Crippen molar-refractivity contribution in [2.45, 2.75) is 65.0 Å². The van der Waals surface area contributed by atoms with Crippen molar-refractivity contribution in [3.05, 3.63) is 12.2 Å². The van der Waals surface area contributed by atoms with Gasteiger partial charge in [0, 0.05) is 0 Å². The summed E-state index contributed by atoms with van der Waals surface area (Å²) in [6.07, 6.45) is 3.25. The van der Waals surface area contributed by atoms with Gasteiger partial charge in [0.25, 0.3) is 0 Å². The first-order valence-electron chi connectivity index (χ1n) is 5.60. The predicted octanol–water partition coefficient (Wildman–Crippen LogP) is 3.33. The van der Waals surface area contributed by atoms with Crippen molar-refractivity contribution < 1.29 is 9.53 Å². The van der Waals surface area contributed by atoms with Gasteiger partial charge in [-0.3, -0.25) is 0 Å². The number of aliphatic hydroxyl groups is 1. The molecule has 2 nitrogen and oxygen atoms in total. The van der Waals surface area contributed by atoms with Crippen LogP contribution in [0.1, 0.15) is 34.6 Å². The molecule has 0 radical (unpaired) electrons. The molecule has 15 heavy (non-hydrogen) atoms. The number of allylic oxidation sites excluding steroid dienone is 1. The van der Waals surface area contributed by atoms with E-state index in [2.05, 4.69) is 33.9 Å². The second-order valence-corrected chi connectivity index (χ2v) is 10.4. The van der Waals surface area contributed by atoms with E-state index in [0.29, 0.717) is 0 Å². The molecule has 0 aromatic carbocycles. The molecule has 0 fully saturated rings. The van der Waals surface area contributed by atoms with Crippen LogP contribution >= 0.6 is 0 Å². The molecule has 1 N–H and O–H groups in total. The number of rotatable bonds is 4. The highest BCUT2D eigenvalue weighted by molar-refractivity contribution is 6.74. The van der Waals surface area contributed by atoms with Crippen molar-refractivity contribution in [1.82, 2.24) is 0 Å². The third-order valence-electron chi connectivity index (χ3n) is 3.09. The summed E-state index contributed by atoms with van der Waals surface area (Å²) in [5.74, 6) is 0. The zero-order valence-electron chi connectivity index (χ0n) is 11.2. The lowest BCUT2D eigenvalue weighted by atomic mass is 10.2. The summed E-state index contributed by atoms with van der Waals surface area (Å²) in [6.45, 7) is 14.7. The summed E-state index contributed by atoms with van der Waals surface area (Å²) < 4.78 is 6.11. The third-order valence-corrected chi connectivity index (χ3v) is 7.57. The average molecular weight is 230 g/mol. The van der Waals surface area contributed by atoms with Gasteiger partial charge >= 0.3 is 0 Å². The normalized spacial score (nSPS) is 18.1. The van der Waals surface area contributed by atoms with Crippen LogP contribution in [0.4, 0.5) is 0 Å². The highest BCUT2D eigenvalue weighted by Gasteiger charge is 2.39. The Morgan fingerprint density at radius 1 is 1.27 bits per heavy atom. The van der Waals surface area contributed by atoms with Crippen molar-refractivity contribution in [3.63, 3.8) is 0 Å². The van der Waals surface area contributed by atoms with E-state index in [0.717, 1.165) is 0 Å². The van der Waals surface area contributed by atoms with Crippen molar-refractivity contribution in [1.29, 1.82) is 0 Å². The monoisotopic (exact) mass is 230 g/mol. The van der Waals surface area contributed by atoms with E-state index in [-0.39, 0.29) is 11.1 Å². The summed E-state index contributed by atoms with van der Waals surface area (Å²) in [5, 5.41) is 9.80. The first kappa shape index (κ1) is 14.9. The summed E-state index contributed by atoms with van der Waals surface area (Å²) in [6, 6.07) is 0. The van der Waals surface area contributed by atoms with Crippen molar-refractivity contribution in [2.24, 2.45) is 0 Å². The Hall–Kier alpha value is -0.123. The molecule has 0 aliphatic carbocycles. The van der Waals surface area contributed by atoms with Crippen LogP contribution in [0.2, 0.25) is 18.1 Å². The van der Waals surface area contributed by atoms with E-state index in [1.807, 2.05) is 19.1 Å². The Morgan fingerprint density at radius 3 is 2.00 bits per heavy atom. The summed E-state index contributed by atoms with van der Waals surface area (Å²) >= 11 is 0. The van der Waals surface area contributed by atoms with Gasteiger partial charge in [-0.05, 0) is 32.0 Å². The number of aliphatic hydroxyl groups excluding tert-OH is 1. The molecular weight excluding hydrogens is 204 g/mol. The molecular formula is C12H26O2Si. The van der Waals surface area contributed by atoms with Crippen LogP contribution in [0.3, 0.4) is 0 Å². The average Bonchev–Trinajstić information content (AvgIpc) is 2.00. The Balaban J connectivity index is 4.67. The Kier molecular flexibility index (Phi) is 5.24. The second-order valence-electron chi connectivity index (χ2n) is 5.61. The first-order valence-corrected chi connectivity index (χ1v) is 8.51. The maximum Gasteiger partial charge on any atom is 0.193 e. The molecule has 90 valence electrons. The van der Waals surface area contributed by atoms with E-state index in [1.54, 1.807) is 6.92 Å². The highest BCUT2D eigenvalue weighted by Crippen LogP contribution is 2.37. The minimum absolute atomic E-state index is 0.170. The Morgan fingerprint density at radius 2 is 1.73 bits per heavy atom. The SMILES string of the molecule is CC=C[C@H](O[Si](C)(C)C(C)(C)C)[C@H](C)O. The fourth-order valence-electron chi connectivity index (χ4n) is 1.01. The third kappa shape index (κ3) is 4.49. The quantitative estimate of drug-likeness (QED) is 0.593. The van der Waals surface area contributed by atoms with Gasteiger partial charge in [-0.1, -0.05) is 32.9 Å². The summed E-state index contributed by atoms with van der Waals surface area (Å²) in [5.41, 5.74) is 0. The predicted molar refractivity (Wildman–Crippen MR) is 68.6 cm³/mol. The molecule has 0 aliphatic heterocycles. The fourth-order valence-corrected chi connectivity index (χ4v) is 2.31. The largest absolute Gasteiger partial charge is 0.408 e. The molecule has 0 amide bonds. The lowest BCUT2D eigenvalue weighted by Gasteiger charge is -2.39. The van der Waals surface area contributed by atoms with Crippen molar-refractivity contribution in [2.75, 3.05) is 0 Å². The minimum Gasteiger partial charge on any atom is -0.408 e. The van der Waals surface area contributed by atoms with Gasteiger partial charge in [0.05, 0.1) is 12.2 Å². The lowest BCUT2D eigenvalue weighted by molar-refractivity contribution is 0.0685. The first-order chi connectivity index (χ1) is 6.62. The lowest BCUT2D eigenvalue weighted by Crippen LogP contribution is -2.46.